The van der Waals surface area contributed by atoms with Gasteiger partial charge in [0.2, 0.25) is 15.9 Å². The maximum absolute atomic E-state index is 14.0. The number of para-hydroxylation sites is 2. The molecule has 4 rings (SSSR count). The minimum atomic E-state index is -4.23. The first-order valence-corrected chi connectivity index (χ1v) is 12.0. The molecule has 1 saturated heterocycles. The summed E-state index contributed by atoms with van der Waals surface area (Å²) in [5, 5.41) is 2.78. The number of carbonyl (C=O) groups is 1. The number of nitrogens with one attached hydrogen (secondary N) is 1. The lowest BCUT2D eigenvalue weighted by atomic mass is 9.97. The SMILES string of the molecule is O=C(Nc1ccccc1Oc1cccc(F)c1)C1CCN(S(=O)(=O)c2cc(F)ccc2F)CC1. The number of rotatable bonds is 6. The molecule has 1 amide bonds. The lowest BCUT2D eigenvalue weighted by Crippen LogP contribution is -2.41. The van der Waals surface area contributed by atoms with Crippen molar-refractivity contribution in [1.82, 2.24) is 4.31 Å². The Balaban J connectivity index is 1.41. The van der Waals surface area contributed by atoms with Gasteiger partial charge in [-0.05, 0) is 55.3 Å². The molecule has 1 N–H and O–H groups in total. The summed E-state index contributed by atoms with van der Waals surface area (Å²) >= 11 is 0. The van der Waals surface area contributed by atoms with E-state index in [1.54, 1.807) is 30.3 Å². The molecular weight excluding hydrogens is 469 g/mol. The van der Waals surface area contributed by atoms with Crippen molar-refractivity contribution in [1.29, 1.82) is 0 Å². The highest BCUT2D eigenvalue weighted by molar-refractivity contribution is 7.89. The Morgan fingerprint density at radius 2 is 1.62 bits per heavy atom. The summed E-state index contributed by atoms with van der Waals surface area (Å²) in [4.78, 5) is 12.1. The minimum Gasteiger partial charge on any atom is -0.455 e. The molecule has 0 bridgehead atoms. The van der Waals surface area contributed by atoms with Gasteiger partial charge in [-0.1, -0.05) is 18.2 Å². The van der Waals surface area contributed by atoms with E-state index in [4.69, 9.17) is 4.74 Å². The number of ether oxygens (including phenoxy) is 1. The Morgan fingerprint density at radius 1 is 0.912 bits per heavy atom. The summed E-state index contributed by atoms with van der Waals surface area (Å²) in [7, 11) is -4.23. The van der Waals surface area contributed by atoms with E-state index in [0.29, 0.717) is 17.5 Å². The van der Waals surface area contributed by atoms with Crippen LogP contribution in [0, 0.1) is 23.4 Å². The number of nitrogens with zero attached hydrogens (tertiary/aromatic N) is 1. The smallest absolute Gasteiger partial charge is 0.246 e. The van der Waals surface area contributed by atoms with E-state index in [1.165, 1.54) is 18.2 Å². The first kappa shape index (κ1) is 23.8. The molecule has 1 heterocycles. The summed E-state index contributed by atoms with van der Waals surface area (Å²) in [5.41, 5.74) is 0.383. The van der Waals surface area contributed by atoms with Gasteiger partial charge in [-0.15, -0.1) is 0 Å². The number of amides is 1. The molecule has 178 valence electrons. The van der Waals surface area contributed by atoms with Gasteiger partial charge in [0.25, 0.3) is 0 Å². The lowest BCUT2D eigenvalue weighted by molar-refractivity contribution is -0.120. The summed E-state index contributed by atoms with van der Waals surface area (Å²) in [6.45, 7) is -0.0321. The van der Waals surface area contributed by atoms with Crippen molar-refractivity contribution in [3.8, 4) is 11.5 Å². The maximum atomic E-state index is 14.0. The summed E-state index contributed by atoms with van der Waals surface area (Å²) in [6.07, 6.45) is 0.407. The molecule has 3 aromatic carbocycles. The maximum Gasteiger partial charge on any atom is 0.246 e. The second-order valence-electron chi connectivity index (χ2n) is 7.80. The van der Waals surface area contributed by atoms with Crippen LogP contribution >= 0.6 is 0 Å². The highest BCUT2D eigenvalue weighted by atomic mass is 32.2. The monoisotopic (exact) mass is 490 g/mol. The Labute approximate surface area is 195 Å². The first-order chi connectivity index (χ1) is 16.2. The molecular formula is C24H21F3N2O4S. The molecule has 1 aliphatic rings. The second-order valence-corrected chi connectivity index (χ2v) is 9.70. The number of sulfonamides is 1. The number of carbonyl (C=O) groups excluding carboxylic acids is 1. The van der Waals surface area contributed by atoms with Crippen LogP contribution in [0.25, 0.3) is 0 Å². The van der Waals surface area contributed by atoms with Crippen LogP contribution in [0.2, 0.25) is 0 Å². The van der Waals surface area contributed by atoms with Crippen LogP contribution in [0.15, 0.2) is 71.6 Å². The van der Waals surface area contributed by atoms with Gasteiger partial charge in [-0.3, -0.25) is 4.79 Å². The normalized spacial score (nSPS) is 15.1. The fraction of sp³-hybridized carbons (Fsp3) is 0.208. The van der Waals surface area contributed by atoms with Gasteiger partial charge in [-0.25, -0.2) is 21.6 Å². The molecule has 0 unspecified atom stereocenters. The van der Waals surface area contributed by atoms with Crippen molar-refractivity contribution in [2.75, 3.05) is 18.4 Å². The van der Waals surface area contributed by atoms with Gasteiger partial charge < -0.3 is 10.1 Å². The molecule has 3 aromatic rings. The Hall–Kier alpha value is -3.37. The molecule has 10 heteroatoms. The summed E-state index contributed by atoms with van der Waals surface area (Å²) in [5.74, 6) is -2.58. The zero-order valence-electron chi connectivity index (χ0n) is 17.9. The van der Waals surface area contributed by atoms with Gasteiger partial charge in [-0.2, -0.15) is 4.31 Å². The molecule has 6 nitrogen and oxygen atoms in total. The average molecular weight is 491 g/mol. The fourth-order valence-corrected chi connectivity index (χ4v) is 5.27. The molecule has 1 aliphatic heterocycles. The number of benzene rings is 3. The number of piperidine rings is 1. The molecule has 0 spiro atoms. The first-order valence-electron chi connectivity index (χ1n) is 10.5. The van der Waals surface area contributed by atoms with Crippen LogP contribution in [0.1, 0.15) is 12.8 Å². The van der Waals surface area contributed by atoms with E-state index in [1.807, 2.05) is 0 Å². The zero-order chi connectivity index (χ0) is 24.3. The van der Waals surface area contributed by atoms with Crippen LogP contribution in [0.3, 0.4) is 0 Å². The van der Waals surface area contributed by atoms with Crippen LogP contribution in [0.4, 0.5) is 18.9 Å². The van der Waals surface area contributed by atoms with Crippen molar-refractivity contribution >= 4 is 21.6 Å². The van der Waals surface area contributed by atoms with Gasteiger partial charge in [0.05, 0.1) is 5.69 Å². The van der Waals surface area contributed by atoms with E-state index in [-0.39, 0.29) is 37.6 Å². The molecule has 0 aromatic heterocycles. The molecule has 0 saturated carbocycles. The van der Waals surface area contributed by atoms with E-state index in [2.05, 4.69) is 5.32 Å². The van der Waals surface area contributed by atoms with Gasteiger partial charge in [0, 0.05) is 25.1 Å². The van der Waals surface area contributed by atoms with Gasteiger partial charge in [0.1, 0.15) is 28.1 Å². The van der Waals surface area contributed by atoms with Crippen molar-refractivity contribution in [3.05, 3.63) is 84.2 Å². The fourth-order valence-electron chi connectivity index (χ4n) is 3.72. The second kappa shape index (κ2) is 9.86. The van der Waals surface area contributed by atoms with Gasteiger partial charge in [0.15, 0.2) is 5.75 Å². The van der Waals surface area contributed by atoms with E-state index >= 15 is 0 Å². The molecule has 1 fully saturated rings. The largest absolute Gasteiger partial charge is 0.455 e. The van der Waals surface area contributed by atoms with Crippen LogP contribution in [-0.4, -0.2) is 31.7 Å². The number of halogens is 3. The number of anilines is 1. The predicted molar refractivity (Wildman–Crippen MR) is 119 cm³/mol. The predicted octanol–water partition coefficient (Wildman–Crippen LogP) is 4.94. The van der Waals surface area contributed by atoms with E-state index in [9.17, 15) is 26.4 Å². The minimum absolute atomic E-state index is 0.0161. The zero-order valence-corrected chi connectivity index (χ0v) is 18.7. The Kier molecular flexibility index (Phi) is 6.90. The standard InChI is InChI=1S/C24H21F3N2O4S/c25-17-4-3-5-19(14-17)33-22-7-2-1-6-21(22)28-24(30)16-10-12-29(13-11-16)34(31,32)23-15-18(26)8-9-20(23)27/h1-9,14-16H,10-13H2,(H,28,30). The summed E-state index contributed by atoms with van der Waals surface area (Å²) < 4.78 is 73.2. The van der Waals surface area contributed by atoms with Gasteiger partial charge >= 0.3 is 0 Å². The highest BCUT2D eigenvalue weighted by Crippen LogP contribution is 2.31. The quantitative estimate of drug-likeness (QED) is 0.531. The van der Waals surface area contributed by atoms with Crippen LogP contribution in [0.5, 0.6) is 11.5 Å². The van der Waals surface area contributed by atoms with Crippen LogP contribution in [-0.2, 0) is 14.8 Å². The topological polar surface area (TPSA) is 75.7 Å². The van der Waals surface area contributed by atoms with E-state index in [0.717, 1.165) is 16.4 Å². The molecule has 34 heavy (non-hydrogen) atoms. The Bertz CT molecular complexity index is 1310. The van der Waals surface area contributed by atoms with Crippen molar-refractivity contribution in [2.24, 2.45) is 5.92 Å². The third-order valence-corrected chi connectivity index (χ3v) is 7.42. The van der Waals surface area contributed by atoms with Crippen LogP contribution < -0.4 is 10.1 Å². The Morgan fingerprint density at radius 3 is 2.35 bits per heavy atom. The third kappa shape index (κ3) is 5.23. The third-order valence-electron chi connectivity index (χ3n) is 5.50. The molecule has 0 aliphatic carbocycles. The number of hydrogen-bond acceptors (Lipinski definition) is 4. The lowest BCUT2D eigenvalue weighted by Gasteiger charge is -2.30. The van der Waals surface area contributed by atoms with Crippen molar-refractivity contribution in [2.45, 2.75) is 17.7 Å². The average Bonchev–Trinajstić information content (AvgIpc) is 2.82. The molecule has 0 atom stereocenters. The van der Waals surface area contributed by atoms with Crippen molar-refractivity contribution < 1.29 is 31.1 Å². The van der Waals surface area contributed by atoms with Crippen molar-refractivity contribution in [3.63, 3.8) is 0 Å². The molecule has 0 radical (unpaired) electrons. The highest BCUT2D eigenvalue weighted by Gasteiger charge is 2.34. The summed E-state index contributed by atoms with van der Waals surface area (Å²) in [6, 6.07) is 14.5. The van der Waals surface area contributed by atoms with E-state index < -0.39 is 38.3 Å². The number of hydrogen-bond donors (Lipinski definition) is 1.